The maximum Gasteiger partial charge on any atom is 0.310 e. The van der Waals surface area contributed by atoms with Gasteiger partial charge in [-0.1, -0.05) is 31.2 Å². The van der Waals surface area contributed by atoms with Crippen LogP contribution in [0.4, 0.5) is 0 Å². The second-order valence-electron chi connectivity index (χ2n) is 8.42. The van der Waals surface area contributed by atoms with Crippen LogP contribution in [0.2, 0.25) is 0 Å². The molecule has 7 nitrogen and oxygen atoms in total. The molecule has 3 rings (SSSR count). The zero-order valence-electron chi connectivity index (χ0n) is 18.8. The van der Waals surface area contributed by atoms with E-state index >= 15 is 0 Å². The summed E-state index contributed by atoms with van der Waals surface area (Å²) < 4.78 is 10.6. The molecule has 0 radical (unpaired) electrons. The number of rotatable bonds is 6. The SMILES string of the molecule is CCNC(=NCc1cccc(CN2CCOC(C)C2)c1)N1CC(C)C(C(=O)OC)C1. The van der Waals surface area contributed by atoms with E-state index in [-0.39, 0.29) is 17.8 Å². The first kappa shape index (κ1) is 22.6. The van der Waals surface area contributed by atoms with Crippen LogP contribution in [0.3, 0.4) is 0 Å². The zero-order valence-corrected chi connectivity index (χ0v) is 18.8. The number of hydrogen-bond acceptors (Lipinski definition) is 5. The number of carbonyl (C=O) groups excluding carboxylic acids is 1. The van der Waals surface area contributed by atoms with Gasteiger partial charge in [0.1, 0.15) is 0 Å². The van der Waals surface area contributed by atoms with E-state index in [2.05, 4.69) is 60.2 Å². The number of likely N-dealkylation sites (tertiary alicyclic amines) is 1. The monoisotopic (exact) mass is 416 g/mol. The first-order valence-electron chi connectivity index (χ1n) is 11.0. The van der Waals surface area contributed by atoms with Crippen molar-refractivity contribution in [3.8, 4) is 0 Å². The average molecular weight is 417 g/mol. The number of nitrogens with one attached hydrogen (secondary N) is 1. The lowest BCUT2D eigenvalue weighted by atomic mass is 9.99. The minimum absolute atomic E-state index is 0.0990. The molecular weight excluding hydrogens is 380 g/mol. The molecule has 2 heterocycles. The Balaban J connectivity index is 1.64. The molecule has 0 amide bonds. The van der Waals surface area contributed by atoms with Crippen molar-refractivity contribution in [3.05, 3.63) is 35.4 Å². The van der Waals surface area contributed by atoms with Crippen molar-refractivity contribution in [2.75, 3.05) is 46.4 Å². The van der Waals surface area contributed by atoms with E-state index in [0.29, 0.717) is 19.2 Å². The number of hydrogen-bond donors (Lipinski definition) is 1. The van der Waals surface area contributed by atoms with E-state index < -0.39 is 0 Å². The van der Waals surface area contributed by atoms with Crippen molar-refractivity contribution >= 4 is 11.9 Å². The molecule has 2 aliphatic heterocycles. The normalized spacial score (nSPS) is 25.4. The van der Waals surface area contributed by atoms with Gasteiger partial charge in [0.25, 0.3) is 0 Å². The van der Waals surface area contributed by atoms with Crippen LogP contribution in [0, 0.1) is 11.8 Å². The number of nitrogens with zero attached hydrogens (tertiary/aromatic N) is 3. The van der Waals surface area contributed by atoms with Crippen molar-refractivity contribution in [2.24, 2.45) is 16.8 Å². The van der Waals surface area contributed by atoms with Crippen molar-refractivity contribution < 1.29 is 14.3 Å². The second-order valence-corrected chi connectivity index (χ2v) is 8.42. The third kappa shape index (κ3) is 5.95. The van der Waals surface area contributed by atoms with E-state index in [1.807, 2.05) is 0 Å². The molecule has 166 valence electrons. The number of esters is 1. The van der Waals surface area contributed by atoms with Crippen LogP contribution in [0.15, 0.2) is 29.3 Å². The fraction of sp³-hybridized carbons (Fsp3) is 0.652. The van der Waals surface area contributed by atoms with Crippen molar-refractivity contribution in [1.29, 1.82) is 0 Å². The third-order valence-corrected chi connectivity index (χ3v) is 5.88. The molecule has 30 heavy (non-hydrogen) atoms. The van der Waals surface area contributed by atoms with Crippen LogP contribution < -0.4 is 5.32 Å². The maximum absolute atomic E-state index is 12.0. The summed E-state index contributed by atoms with van der Waals surface area (Å²) in [7, 11) is 1.46. The molecule has 0 saturated carbocycles. The molecule has 0 bridgehead atoms. The molecule has 3 atom stereocenters. The molecule has 1 N–H and O–H groups in total. The Kier molecular flexibility index (Phi) is 8.10. The quantitative estimate of drug-likeness (QED) is 0.435. The predicted octanol–water partition coefficient (Wildman–Crippen LogP) is 2.11. The molecule has 3 unspecified atom stereocenters. The highest BCUT2D eigenvalue weighted by atomic mass is 16.5. The summed E-state index contributed by atoms with van der Waals surface area (Å²) in [5.74, 6) is 0.882. The summed E-state index contributed by atoms with van der Waals surface area (Å²) in [6.45, 7) is 12.9. The Morgan fingerprint density at radius 2 is 2.07 bits per heavy atom. The van der Waals surface area contributed by atoms with E-state index in [4.69, 9.17) is 14.5 Å². The topological polar surface area (TPSA) is 66.4 Å². The number of aliphatic imine (C=N–C) groups is 1. The summed E-state index contributed by atoms with van der Waals surface area (Å²) in [5.41, 5.74) is 2.50. The van der Waals surface area contributed by atoms with Gasteiger partial charge in [-0.25, -0.2) is 4.99 Å². The average Bonchev–Trinajstić information content (AvgIpc) is 3.12. The largest absolute Gasteiger partial charge is 0.469 e. The lowest BCUT2D eigenvalue weighted by Gasteiger charge is -2.31. The predicted molar refractivity (Wildman–Crippen MR) is 118 cm³/mol. The first-order chi connectivity index (χ1) is 14.5. The van der Waals surface area contributed by atoms with Gasteiger partial charge in [-0.05, 0) is 30.9 Å². The highest BCUT2D eigenvalue weighted by Crippen LogP contribution is 2.24. The number of methoxy groups -OCH3 is 1. The Morgan fingerprint density at radius 3 is 2.80 bits per heavy atom. The van der Waals surface area contributed by atoms with Gasteiger partial charge in [0.2, 0.25) is 0 Å². The lowest BCUT2D eigenvalue weighted by molar-refractivity contribution is -0.145. The number of morpholine rings is 1. The second kappa shape index (κ2) is 10.8. The highest BCUT2D eigenvalue weighted by Gasteiger charge is 2.36. The van der Waals surface area contributed by atoms with E-state index in [1.165, 1.54) is 18.2 Å². The lowest BCUT2D eigenvalue weighted by Crippen LogP contribution is -2.40. The van der Waals surface area contributed by atoms with Crippen molar-refractivity contribution in [2.45, 2.75) is 40.0 Å². The summed E-state index contributed by atoms with van der Waals surface area (Å²) in [6, 6.07) is 8.67. The van der Waals surface area contributed by atoms with Crippen molar-refractivity contribution in [3.63, 3.8) is 0 Å². The molecule has 0 aromatic heterocycles. The summed E-state index contributed by atoms with van der Waals surface area (Å²) >= 11 is 0. The molecule has 2 saturated heterocycles. The number of benzene rings is 1. The first-order valence-corrected chi connectivity index (χ1v) is 11.0. The van der Waals surface area contributed by atoms with Gasteiger partial charge >= 0.3 is 5.97 Å². The molecule has 2 fully saturated rings. The van der Waals surface area contributed by atoms with Crippen LogP contribution in [0.5, 0.6) is 0 Å². The molecule has 1 aromatic carbocycles. The van der Waals surface area contributed by atoms with Crippen LogP contribution in [0.25, 0.3) is 0 Å². The summed E-state index contributed by atoms with van der Waals surface area (Å²) in [4.78, 5) is 21.5. The Labute approximate surface area is 180 Å². The van der Waals surface area contributed by atoms with E-state index in [9.17, 15) is 4.79 Å². The van der Waals surface area contributed by atoms with Crippen LogP contribution >= 0.6 is 0 Å². The minimum Gasteiger partial charge on any atom is -0.469 e. The Morgan fingerprint density at radius 1 is 1.27 bits per heavy atom. The van der Waals surface area contributed by atoms with Gasteiger partial charge < -0.3 is 19.7 Å². The molecular formula is C23H36N4O3. The zero-order chi connectivity index (χ0) is 21.5. The van der Waals surface area contributed by atoms with Gasteiger partial charge in [0, 0.05) is 39.3 Å². The highest BCUT2D eigenvalue weighted by molar-refractivity contribution is 5.82. The molecule has 2 aliphatic rings. The van der Waals surface area contributed by atoms with Crippen molar-refractivity contribution in [1.82, 2.24) is 15.1 Å². The van der Waals surface area contributed by atoms with E-state index in [1.54, 1.807) is 0 Å². The Bertz CT molecular complexity index is 739. The van der Waals surface area contributed by atoms with E-state index in [0.717, 1.165) is 45.3 Å². The van der Waals surface area contributed by atoms with Gasteiger partial charge in [-0.2, -0.15) is 0 Å². The number of carbonyl (C=O) groups is 1. The number of ether oxygens (including phenoxy) is 2. The molecule has 1 aromatic rings. The fourth-order valence-corrected chi connectivity index (χ4v) is 4.31. The molecule has 0 spiro atoms. The minimum atomic E-state index is -0.133. The number of guanidine groups is 1. The fourth-order valence-electron chi connectivity index (χ4n) is 4.31. The standard InChI is InChI=1S/C23H36N4O3/c1-5-24-23(27-13-17(2)21(16-27)22(28)29-4)25-12-19-7-6-8-20(11-19)15-26-9-10-30-18(3)14-26/h6-8,11,17-18,21H,5,9-10,12-16H2,1-4H3,(H,24,25). The molecule has 0 aliphatic carbocycles. The van der Waals surface area contributed by atoms with Gasteiger partial charge in [-0.15, -0.1) is 0 Å². The van der Waals surface area contributed by atoms with Crippen LogP contribution in [0.1, 0.15) is 31.9 Å². The summed E-state index contributed by atoms with van der Waals surface area (Å²) in [5, 5.41) is 3.38. The maximum atomic E-state index is 12.0. The summed E-state index contributed by atoms with van der Waals surface area (Å²) in [6.07, 6.45) is 0.297. The van der Waals surface area contributed by atoms with Gasteiger partial charge in [-0.3, -0.25) is 9.69 Å². The smallest absolute Gasteiger partial charge is 0.310 e. The van der Waals surface area contributed by atoms with Gasteiger partial charge in [0.05, 0.1) is 32.3 Å². The Hall–Kier alpha value is -2.12. The van der Waals surface area contributed by atoms with Crippen LogP contribution in [-0.4, -0.2) is 74.3 Å². The van der Waals surface area contributed by atoms with Crippen LogP contribution in [-0.2, 0) is 27.4 Å². The molecule has 7 heteroatoms. The van der Waals surface area contributed by atoms with Gasteiger partial charge in [0.15, 0.2) is 5.96 Å². The third-order valence-electron chi connectivity index (χ3n) is 5.88.